The van der Waals surface area contributed by atoms with E-state index in [2.05, 4.69) is 57.2 Å². The van der Waals surface area contributed by atoms with Crippen molar-refractivity contribution in [3.05, 3.63) is 42.0 Å². The number of unbranched alkanes of at least 4 members (excludes halogenated alkanes) is 11. The Morgan fingerprint density at radius 1 is 0.657 bits per heavy atom. The molecule has 2 rings (SSSR count). The van der Waals surface area contributed by atoms with Gasteiger partial charge in [-0.05, 0) is 44.2 Å². The summed E-state index contributed by atoms with van der Waals surface area (Å²) in [5, 5.41) is 11.5. The lowest BCUT2D eigenvalue weighted by molar-refractivity contribution is -0.806. The number of rotatable bonds is 19. The van der Waals surface area contributed by atoms with Crippen molar-refractivity contribution in [1.29, 1.82) is 5.41 Å². The van der Waals surface area contributed by atoms with Gasteiger partial charge in [0.1, 0.15) is 5.75 Å². The van der Waals surface area contributed by atoms with Gasteiger partial charge >= 0.3 is 0 Å². The third-order valence-electron chi connectivity index (χ3n) is 6.93. The second-order valence-corrected chi connectivity index (χ2v) is 9.87. The molecule has 0 aliphatic carbocycles. The third-order valence-corrected chi connectivity index (χ3v) is 6.93. The molecule has 35 heavy (non-hydrogen) atoms. The van der Waals surface area contributed by atoms with Crippen molar-refractivity contribution < 1.29 is 22.0 Å². The first-order chi connectivity index (χ1) is 16.7. The van der Waals surface area contributed by atoms with E-state index in [0.717, 1.165) is 60.5 Å². The fourth-order valence-corrected chi connectivity index (χ4v) is 4.74. The number of quaternary nitrogens is 1. The lowest BCUT2D eigenvalue weighted by Gasteiger charge is -2.21. The van der Waals surface area contributed by atoms with Crippen LogP contribution in [-0.4, -0.2) is 25.5 Å². The minimum Gasteiger partial charge on any atom is -1.00 e. The van der Waals surface area contributed by atoms with Gasteiger partial charge in [0, 0.05) is 10.8 Å². The zero-order chi connectivity index (χ0) is 24.4. The maximum absolute atomic E-state index is 9.22. The molecule has 0 aromatic heterocycles. The number of benzene rings is 2. The third kappa shape index (κ3) is 11.3. The Morgan fingerprint density at radius 2 is 1.17 bits per heavy atom. The first kappa shape index (κ1) is 31.4. The Hall–Kier alpha value is -1.58. The lowest BCUT2D eigenvalue weighted by Crippen LogP contribution is -3.14. The van der Waals surface area contributed by atoms with Crippen molar-refractivity contribution in [1.82, 2.24) is 0 Å². The number of ether oxygens (including phenoxy) is 1. The van der Waals surface area contributed by atoms with Gasteiger partial charge < -0.3 is 17.1 Å². The zero-order valence-corrected chi connectivity index (χ0v) is 23.5. The van der Waals surface area contributed by atoms with E-state index >= 15 is 0 Å². The van der Waals surface area contributed by atoms with Crippen LogP contribution in [0.3, 0.4) is 0 Å². The highest BCUT2D eigenvalue weighted by atomic mass is 35.5. The molecule has 0 saturated carbocycles. The molecule has 0 heterocycles. The summed E-state index contributed by atoms with van der Waals surface area (Å²) in [4.78, 5) is 1.36. The van der Waals surface area contributed by atoms with Gasteiger partial charge in [-0.1, -0.05) is 103 Å². The van der Waals surface area contributed by atoms with E-state index in [1.54, 1.807) is 0 Å². The van der Waals surface area contributed by atoms with Gasteiger partial charge in [-0.25, -0.2) is 0 Å². The number of halogens is 1. The van der Waals surface area contributed by atoms with Crippen LogP contribution in [0.5, 0.6) is 5.75 Å². The van der Waals surface area contributed by atoms with Gasteiger partial charge in [0.05, 0.1) is 25.3 Å². The van der Waals surface area contributed by atoms with Gasteiger partial charge in [-0.3, -0.25) is 10.3 Å². The van der Waals surface area contributed by atoms with Gasteiger partial charge in [-0.15, -0.1) is 0 Å². The Kier molecular flexibility index (Phi) is 17.6. The summed E-state index contributed by atoms with van der Waals surface area (Å²) >= 11 is 0. The normalized spacial score (nSPS) is 11.1. The zero-order valence-electron chi connectivity index (χ0n) is 22.8. The molecule has 0 aliphatic rings. The molecule has 0 saturated heterocycles. The van der Waals surface area contributed by atoms with Gasteiger partial charge in [0.25, 0.3) is 0 Å². The van der Waals surface area contributed by atoms with Crippen LogP contribution >= 0.6 is 0 Å². The van der Waals surface area contributed by atoms with Gasteiger partial charge in [0.2, 0.25) is 5.84 Å². The molecule has 0 spiro atoms. The summed E-state index contributed by atoms with van der Waals surface area (Å²) in [6.45, 7) is 9.64. The molecule has 2 N–H and O–H groups in total. The van der Waals surface area contributed by atoms with Crippen LogP contribution in [0.1, 0.15) is 116 Å². The van der Waals surface area contributed by atoms with Crippen LogP contribution in [-0.2, 0) is 0 Å². The Bertz CT molecular complexity index is 807. The molecule has 0 bridgehead atoms. The highest BCUT2D eigenvalue weighted by molar-refractivity contribution is 6.06. The molecule has 0 aliphatic heterocycles. The molecule has 0 amide bonds. The Labute approximate surface area is 221 Å². The first-order valence-electron chi connectivity index (χ1n) is 14.3. The predicted molar refractivity (Wildman–Crippen MR) is 149 cm³/mol. The van der Waals surface area contributed by atoms with Crippen LogP contribution in [0.2, 0.25) is 0 Å². The molecular formula is C31H51ClN2O. The quantitative estimate of drug-likeness (QED) is 0.159. The van der Waals surface area contributed by atoms with Crippen molar-refractivity contribution in [2.24, 2.45) is 0 Å². The maximum Gasteiger partial charge on any atom is 0.226 e. The van der Waals surface area contributed by atoms with Crippen molar-refractivity contribution in [2.45, 2.75) is 111 Å². The smallest absolute Gasteiger partial charge is 0.226 e. The molecular weight excluding hydrogens is 452 g/mol. The molecule has 4 heteroatoms. The van der Waals surface area contributed by atoms with E-state index in [1.807, 2.05) is 0 Å². The van der Waals surface area contributed by atoms with E-state index in [4.69, 9.17) is 4.74 Å². The standard InChI is InChI=1S/C31H50N2O.ClH/c1-4-7-10-12-14-18-24-33(25-19-15-13-11-8-5-2)31(32)29-22-23-30(34-26-9-6-3)28-21-17-16-20-27(28)29;/h16-17,20-23,32H,4-15,18-19,24-26H2,1-3H3;1H. The number of amidine groups is 1. The van der Waals surface area contributed by atoms with E-state index in [0.29, 0.717) is 0 Å². The number of hydrogen-bond acceptors (Lipinski definition) is 2. The highest BCUT2D eigenvalue weighted by Gasteiger charge is 2.20. The van der Waals surface area contributed by atoms with E-state index < -0.39 is 0 Å². The average molecular weight is 503 g/mol. The number of hydrogen-bond donors (Lipinski definition) is 2. The molecule has 2 aromatic carbocycles. The summed E-state index contributed by atoms with van der Waals surface area (Å²) in [6.07, 6.45) is 17.9. The molecule has 0 radical (unpaired) electrons. The molecule has 2 aromatic rings. The number of fused-ring (bicyclic) bond motifs is 1. The molecule has 0 atom stereocenters. The van der Waals surface area contributed by atoms with Crippen LogP contribution in [0.4, 0.5) is 0 Å². The fraction of sp³-hybridized carbons (Fsp3) is 0.645. The maximum atomic E-state index is 9.22. The largest absolute Gasteiger partial charge is 1.00 e. The van der Waals surface area contributed by atoms with Gasteiger partial charge in [0.15, 0.2) is 0 Å². The highest BCUT2D eigenvalue weighted by Crippen LogP contribution is 2.28. The summed E-state index contributed by atoms with van der Waals surface area (Å²) in [6, 6.07) is 12.7. The second kappa shape index (κ2) is 19.6. The van der Waals surface area contributed by atoms with Crippen molar-refractivity contribution >= 4 is 16.6 Å². The molecule has 0 fully saturated rings. The lowest BCUT2D eigenvalue weighted by atomic mass is 10.0. The summed E-state index contributed by atoms with van der Waals surface area (Å²) in [7, 11) is 0. The predicted octanol–water partition coefficient (Wildman–Crippen LogP) is 4.95. The van der Waals surface area contributed by atoms with E-state index in [9.17, 15) is 5.41 Å². The van der Waals surface area contributed by atoms with Crippen molar-refractivity contribution in [2.75, 3.05) is 19.7 Å². The van der Waals surface area contributed by atoms with Gasteiger partial charge in [-0.2, -0.15) is 0 Å². The van der Waals surface area contributed by atoms with E-state index in [1.165, 1.54) is 81.9 Å². The van der Waals surface area contributed by atoms with Crippen molar-refractivity contribution in [3.63, 3.8) is 0 Å². The van der Waals surface area contributed by atoms with Crippen LogP contribution in [0, 0.1) is 5.41 Å². The summed E-state index contributed by atoms with van der Waals surface area (Å²) < 4.78 is 6.10. The Balaban J connectivity index is 0.00000612. The average Bonchev–Trinajstić information content (AvgIpc) is 2.86. The first-order valence-corrected chi connectivity index (χ1v) is 14.3. The molecule has 3 nitrogen and oxygen atoms in total. The monoisotopic (exact) mass is 502 g/mol. The SMILES string of the molecule is CCCCCCCC[NH+](CCCCCCCC)C(=N)c1ccc(OCCCC)c2ccccc12.[Cl-]. The fourth-order valence-electron chi connectivity index (χ4n) is 4.74. The summed E-state index contributed by atoms with van der Waals surface area (Å²) in [5.74, 6) is 1.72. The van der Waals surface area contributed by atoms with Crippen LogP contribution in [0.15, 0.2) is 36.4 Å². The van der Waals surface area contributed by atoms with Crippen molar-refractivity contribution in [3.8, 4) is 5.75 Å². The minimum absolute atomic E-state index is 0. The van der Waals surface area contributed by atoms with Crippen LogP contribution < -0.4 is 22.0 Å². The summed E-state index contributed by atoms with van der Waals surface area (Å²) in [5.41, 5.74) is 1.07. The second-order valence-electron chi connectivity index (χ2n) is 9.87. The molecule has 0 unspecified atom stereocenters. The molecule has 198 valence electrons. The minimum atomic E-state index is 0. The Morgan fingerprint density at radius 3 is 1.74 bits per heavy atom. The van der Waals surface area contributed by atoms with E-state index in [-0.39, 0.29) is 12.4 Å². The topological polar surface area (TPSA) is 37.5 Å². The van der Waals surface area contributed by atoms with Crippen LogP contribution in [0.25, 0.3) is 10.8 Å². The number of nitrogens with one attached hydrogen (secondary N) is 2.